The quantitative estimate of drug-likeness (QED) is 0.459. The number of amides is 1. The number of aryl methyl sites for hydroxylation is 1. The predicted octanol–water partition coefficient (Wildman–Crippen LogP) is 1.95. The zero-order valence-corrected chi connectivity index (χ0v) is 19.0. The maximum absolute atomic E-state index is 12.6. The van der Waals surface area contributed by atoms with E-state index in [9.17, 15) is 31.7 Å². The first-order valence-corrected chi connectivity index (χ1v) is 12.8. The third kappa shape index (κ3) is 6.25. The molecule has 0 unspecified atom stereocenters. The molecule has 0 aliphatic heterocycles. The lowest BCUT2D eigenvalue weighted by Gasteiger charge is -2.24. The van der Waals surface area contributed by atoms with E-state index >= 15 is 0 Å². The first-order chi connectivity index (χ1) is 14.2. The van der Waals surface area contributed by atoms with Gasteiger partial charge in [0.25, 0.3) is 5.69 Å². The fraction of sp³-hybridized carbons (Fsp3) is 0.316. The summed E-state index contributed by atoms with van der Waals surface area (Å²) in [6, 6.07) is 9.19. The van der Waals surface area contributed by atoms with E-state index in [0.29, 0.717) is 11.1 Å². The molecule has 0 saturated heterocycles. The molecule has 0 fully saturated rings. The molecule has 2 aromatic carbocycles. The second kappa shape index (κ2) is 9.02. The van der Waals surface area contributed by atoms with Gasteiger partial charge < -0.3 is 5.32 Å². The maximum Gasteiger partial charge on any atom is 0.271 e. The smallest absolute Gasteiger partial charge is 0.271 e. The van der Waals surface area contributed by atoms with Gasteiger partial charge in [-0.3, -0.25) is 19.2 Å². The van der Waals surface area contributed by atoms with Crippen LogP contribution in [0.25, 0.3) is 0 Å². The van der Waals surface area contributed by atoms with E-state index < -0.39 is 43.3 Å². The van der Waals surface area contributed by atoms with Crippen molar-refractivity contribution < 1.29 is 26.6 Å². The van der Waals surface area contributed by atoms with Crippen molar-refractivity contribution in [2.45, 2.75) is 24.8 Å². The van der Waals surface area contributed by atoms with Gasteiger partial charge in [-0.05, 0) is 37.1 Å². The van der Waals surface area contributed by atoms with Crippen molar-refractivity contribution in [3.05, 3.63) is 63.7 Å². The Bertz CT molecular complexity index is 1210. The lowest BCUT2D eigenvalue weighted by atomic mass is 10.1. The normalized spacial score (nSPS) is 12.8. The fourth-order valence-corrected chi connectivity index (χ4v) is 4.40. The van der Waals surface area contributed by atoms with E-state index in [1.807, 2.05) is 0 Å². The Balaban J connectivity index is 2.24. The van der Waals surface area contributed by atoms with Crippen molar-refractivity contribution in [3.63, 3.8) is 0 Å². The molecule has 10 nitrogen and oxygen atoms in total. The largest absolute Gasteiger partial charge is 0.348 e. The monoisotopic (exact) mass is 469 g/mol. The van der Waals surface area contributed by atoms with Crippen LogP contribution in [0.3, 0.4) is 0 Å². The van der Waals surface area contributed by atoms with Gasteiger partial charge in [0.15, 0.2) is 9.84 Å². The first-order valence-electron chi connectivity index (χ1n) is 9.02. The molecule has 168 valence electrons. The average Bonchev–Trinajstić information content (AvgIpc) is 2.65. The van der Waals surface area contributed by atoms with Crippen molar-refractivity contribution in [2.24, 2.45) is 0 Å². The van der Waals surface area contributed by atoms with Crippen LogP contribution in [0.5, 0.6) is 0 Å². The fourth-order valence-electron chi connectivity index (χ4n) is 2.87. The highest BCUT2D eigenvalue weighted by atomic mass is 32.2. The predicted molar refractivity (Wildman–Crippen MR) is 116 cm³/mol. The third-order valence-electron chi connectivity index (χ3n) is 4.55. The summed E-state index contributed by atoms with van der Waals surface area (Å²) in [5.74, 6) is -0.629. The molecule has 0 saturated carbocycles. The summed E-state index contributed by atoms with van der Waals surface area (Å²) in [6.07, 6.45) is 1.99. The zero-order chi connectivity index (χ0) is 23.6. The standard InChI is InChI=1S/C19H23N3O7S2/c1-13-5-8-16(22(24)25)11-18(13)21(31(4,28)29)12-19(23)20-14(2)15-6-9-17(10-7-15)30(3,26)27/h5-11,14H,12H2,1-4H3,(H,20,23)/t14-/m1/s1. The Kier molecular flexibility index (Phi) is 7.06. The van der Waals surface area contributed by atoms with E-state index in [0.717, 1.165) is 22.9 Å². The Morgan fingerprint density at radius 1 is 1.10 bits per heavy atom. The van der Waals surface area contributed by atoms with Crippen LogP contribution in [-0.4, -0.2) is 46.7 Å². The van der Waals surface area contributed by atoms with Crippen LogP contribution in [0.15, 0.2) is 47.4 Å². The van der Waals surface area contributed by atoms with E-state index in [2.05, 4.69) is 5.32 Å². The number of nitrogens with one attached hydrogen (secondary N) is 1. The van der Waals surface area contributed by atoms with Gasteiger partial charge in [-0.25, -0.2) is 16.8 Å². The molecule has 0 spiro atoms. The molecule has 1 N–H and O–H groups in total. The van der Waals surface area contributed by atoms with Gasteiger partial charge in [-0.15, -0.1) is 0 Å². The molecule has 2 rings (SSSR count). The number of carbonyl (C=O) groups excluding carboxylic acids is 1. The molecule has 0 aliphatic carbocycles. The molecule has 1 atom stereocenters. The van der Waals surface area contributed by atoms with E-state index in [-0.39, 0.29) is 16.3 Å². The van der Waals surface area contributed by atoms with Gasteiger partial charge in [0.2, 0.25) is 15.9 Å². The summed E-state index contributed by atoms with van der Waals surface area (Å²) >= 11 is 0. The molecule has 0 aromatic heterocycles. The molecule has 0 aliphatic rings. The van der Waals surface area contributed by atoms with Crippen molar-refractivity contribution in [1.29, 1.82) is 0 Å². The summed E-state index contributed by atoms with van der Waals surface area (Å²) in [7, 11) is -7.27. The van der Waals surface area contributed by atoms with E-state index in [4.69, 9.17) is 0 Å². The second-order valence-corrected chi connectivity index (χ2v) is 11.1. The first kappa shape index (κ1) is 24.3. The number of nitro groups is 1. The highest BCUT2D eigenvalue weighted by Gasteiger charge is 2.25. The Labute approximate surface area is 181 Å². The maximum atomic E-state index is 12.6. The minimum absolute atomic E-state index is 0.0389. The number of sulfonamides is 1. The number of non-ortho nitro benzene ring substituents is 1. The molecule has 31 heavy (non-hydrogen) atoms. The van der Waals surface area contributed by atoms with E-state index in [1.165, 1.54) is 24.3 Å². The second-order valence-electron chi connectivity index (χ2n) is 7.13. The number of carbonyl (C=O) groups is 1. The summed E-state index contributed by atoms with van der Waals surface area (Å²) in [5, 5.41) is 13.7. The van der Waals surface area contributed by atoms with Gasteiger partial charge in [0.05, 0.1) is 27.8 Å². The highest BCUT2D eigenvalue weighted by Crippen LogP contribution is 2.27. The van der Waals surface area contributed by atoms with Gasteiger partial charge in [-0.2, -0.15) is 0 Å². The molecule has 2 aromatic rings. The number of hydrogen-bond donors (Lipinski definition) is 1. The van der Waals surface area contributed by atoms with Gasteiger partial charge in [-0.1, -0.05) is 18.2 Å². The summed E-state index contributed by atoms with van der Waals surface area (Å²) in [6.45, 7) is 2.67. The summed E-state index contributed by atoms with van der Waals surface area (Å²) < 4.78 is 48.5. The van der Waals surface area contributed by atoms with Crippen molar-refractivity contribution >= 4 is 37.1 Å². The molecule has 1 amide bonds. The molecule has 0 heterocycles. The minimum atomic E-state index is -3.92. The number of nitrogens with zero attached hydrogens (tertiary/aromatic N) is 2. The van der Waals surface area contributed by atoms with Gasteiger partial charge in [0, 0.05) is 18.4 Å². The topological polar surface area (TPSA) is 144 Å². The highest BCUT2D eigenvalue weighted by molar-refractivity contribution is 7.92. The number of benzene rings is 2. The van der Waals surface area contributed by atoms with Crippen molar-refractivity contribution in [1.82, 2.24) is 5.32 Å². The minimum Gasteiger partial charge on any atom is -0.348 e. The van der Waals surface area contributed by atoms with Gasteiger partial charge >= 0.3 is 0 Å². The number of nitro benzene ring substituents is 1. The van der Waals surface area contributed by atoms with Crippen LogP contribution < -0.4 is 9.62 Å². The lowest BCUT2D eigenvalue weighted by molar-refractivity contribution is -0.384. The molecular formula is C19H23N3O7S2. The van der Waals surface area contributed by atoms with Crippen LogP contribution in [0.2, 0.25) is 0 Å². The molecule has 0 radical (unpaired) electrons. The van der Waals surface area contributed by atoms with E-state index in [1.54, 1.807) is 26.0 Å². The molecule has 12 heteroatoms. The molecule has 0 bridgehead atoms. The summed E-state index contributed by atoms with van der Waals surface area (Å²) in [4.78, 5) is 23.1. The van der Waals surface area contributed by atoms with Crippen LogP contribution >= 0.6 is 0 Å². The van der Waals surface area contributed by atoms with Crippen molar-refractivity contribution in [2.75, 3.05) is 23.4 Å². The number of rotatable bonds is 8. The number of sulfone groups is 1. The Hall–Kier alpha value is -2.99. The number of hydrogen-bond acceptors (Lipinski definition) is 7. The summed E-state index contributed by atoms with van der Waals surface area (Å²) in [5.41, 5.74) is 0.817. The van der Waals surface area contributed by atoms with Crippen LogP contribution in [-0.2, 0) is 24.7 Å². The molecular weight excluding hydrogens is 446 g/mol. The SMILES string of the molecule is Cc1ccc([N+](=O)[O-])cc1N(CC(=O)N[C@H](C)c1ccc(S(C)(=O)=O)cc1)S(C)(=O)=O. The zero-order valence-electron chi connectivity index (χ0n) is 17.4. The Morgan fingerprint density at radius 2 is 1.68 bits per heavy atom. The van der Waals surface area contributed by atoms with Crippen LogP contribution in [0.4, 0.5) is 11.4 Å². The lowest BCUT2D eigenvalue weighted by Crippen LogP contribution is -2.41. The average molecular weight is 470 g/mol. The van der Waals surface area contributed by atoms with Crippen molar-refractivity contribution in [3.8, 4) is 0 Å². The Morgan fingerprint density at radius 3 is 2.16 bits per heavy atom. The third-order valence-corrected chi connectivity index (χ3v) is 6.80. The van der Waals surface area contributed by atoms with Crippen LogP contribution in [0.1, 0.15) is 24.1 Å². The van der Waals surface area contributed by atoms with Gasteiger partial charge in [0.1, 0.15) is 6.54 Å². The number of anilines is 1. The van der Waals surface area contributed by atoms with Crippen LogP contribution in [0, 0.1) is 17.0 Å².